The molecule has 0 aromatic heterocycles. The van der Waals surface area contributed by atoms with E-state index in [1.807, 2.05) is 0 Å². The summed E-state index contributed by atoms with van der Waals surface area (Å²) in [6.07, 6.45) is 4.86. The lowest BCUT2D eigenvalue weighted by Gasteiger charge is -2.32. The first-order chi connectivity index (χ1) is 9.38. The van der Waals surface area contributed by atoms with Gasteiger partial charge in [0, 0.05) is 31.2 Å². The number of benzene rings is 1. The Morgan fingerprint density at radius 2 is 1.95 bits per heavy atom. The van der Waals surface area contributed by atoms with Crippen LogP contribution in [0.1, 0.15) is 30.7 Å². The van der Waals surface area contributed by atoms with Crippen molar-refractivity contribution in [1.29, 1.82) is 0 Å². The lowest BCUT2D eigenvalue weighted by atomic mass is 9.97. The fraction of sp³-hybridized carbons (Fsp3) is 0.625. The smallest absolute Gasteiger partial charge is 0.0707 e. The third-order valence-electron chi connectivity index (χ3n) is 4.85. The Labute approximate surface area is 114 Å². The van der Waals surface area contributed by atoms with Crippen molar-refractivity contribution in [2.75, 3.05) is 31.5 Å². The minimum absolute atomic E-state index is 0.521. The van der Waals surface area contributed by atoms with Gasteiger partial charge in [-0.1, -0.05) is 18.2 Å². The highest BCUT2D eigenvalue weighted by Gasteiger charge is 2.33. The number of nitrogens with zero attached hydrogens (tertiary/aromatic N) is 1. The third-order valence-corrected chi connectivity index (χ3v) is 4.85. The van der Waals surface area contributed by atoms with Gasteiger partial charge in [-0.05, 0) is 37.4 Å². The predicted molar refractivity (Wildman–Crippen MR) is 76.6 cm³/mol. The molecule has 0 spiro atoms. The van der Waals surface area contributed by atoms with Crippen LogP contribution >= 0.6 is 0 Å². The van der Waals surface area contributed by atoms with Crippen molar-refractivity contribution < 1.29 is 4.74 Å². The average Bonchev–Trinajstić information content (AvgIpc) is 3.00. The fourth-order valence-electron chi connectivity index (χ4n) is 3.83. The number of hydrogen-bond donors (Lipinski definition) is 1. The number of fused-ring (bicyclic) bond motifs is 3. The van der Waals surface area contributed by atoms with Crippen LogP contribution in [-0.2, 0) is 4.74 Å². The summed E-state index contributed by atoms with van der Waals surface area (Å²) >= 11 is 0. The molecule has 2 saturated heterocycles. The quantitative estimate of drug-likeness (QED) is 0.901. The van der Waals surface area contributed by atoms with E-state index in [0.29, 0.717) is 18.1 Å². The lowest BCUT2D eigenvalue weighted by molar-refractivity contribution is -0.0387. The van der Waals surface area contributed by atoms with Crippen LogP contribution in [0.4, 0.5) is 5.69 Å². The zero-order valence-electron chi connectivity index (χ0n) is 11.3. The van der Waals surface area contributed by atoms with Gasteiger partial charge >= 0.3 is 0 Å². The number of para-hydroxylation sites is 1. The van der Waals surface area contributed by atoms with Crippen LogP contribution in [0, 0.1) is 0 Å². The summed E-state index contributed by atoms with van der Waals surface area (Å²) in [5, 5.41) is 3.52. The molecule has 0 radical (unpaired) electrons. The van der Waals surface area contributed by atoms with Crippen molar-refractivity contribution in [3.63, 3.8) is 0 Å². The summed E-state index contributed by atoms with van der Waals surface area (Å²) in [6, 6.07) is 8.76. The Hall–Kier alpha value is -1.06. The molecule has 4 rings (SSSR count). The molecule has 3 unspecified atom stereocenters. The maximum Gasteiger partial charge on any atom is 0.0707 e. The highest BCUT2D eigenvalue weighted by Crippen LogP contribution is 2.34. The van der Waals surface area contributed by atoms with E-state index in [-0.39, 0.29) is 0 Å². The van der Waals surface area contributed by atoms with Crippen molar-refractivity contribution in [3.05, 3.63) is 29.8 Å². The van der Waals surface area contributed by atoms with E-state index in [0.717, 1.165) is 19.6 Å². The van der Waals surface area contributed by atoms with Gasteiger partial charge in [0.15, 0.2) is 0 Å². The Morgan fingerprint density at radius 1 is 1.16 bits per heavy atom. The predicted octanol–water partition coefficient (Wildman–Crippen LogP) is 2.45. The molecule has 3 heterocycles. The van der Waals surface area contributed by atoms with Crippen LogP contribution in [0.15, 0.2) is 24.3 Å². The molecule has 3 atom stereocenters. The van der Waals surface area contributed by atoms with Gasteiger partial charge in [0.1, 0.15) is 0 Å². The first kappa shape index (κ1) is 11.7. The van der Waals surface area contributed by atoms with Crippen LogP contribution in [0.5, 0.6) is 0 Å². The molecule has 102 valence electrons. The molecule has 19 heavy (non-hydrogen) atoms. The topological polar surface area (TPSA) is 24.5 Å². The molecule has 2 bridgehead atoms. The van der Waals surface area contributed by atoms with Crippen molar-refractivity contribution in [3.8, 4) is 0 Å². The highest BCUT2D eigenvalue weighted by atomic mass is 16.5. The molecule has 0 saturated carbocycles. The second-order valence-corrected chi connectivity index (χ2v) is 6.17. The zero-order valence-corrected chi connectivity index (χ0v) is 11.3. The Morgan fingerprint density at radius 3 is 2.79 bits per heavy atom. The number of morpholine rings is 1. The normalized spacial score (nSPS) is 33.2. The van der Waals surface area contributed by atoms with Crippen LogP contribution < -0.4 is 5.32 Å². The molecular weight excluding hydrogens is 236 g/mol. The monoisotopic (exact) mass is 258 g/mol. The van der Waals surface area contributed by atoms with Crippen molar-refractivity contribution >= 4 is 5.69 Å². The van der Waals surface area contributed by atoms with Gasteiger partial charge in [-0.3, -0.25) is 4.90 Å². The minimum atomic E-state index is 0.521. The van der Waals surface area contributed by atoms with E-state index in [1.54, 1.807) is 0 Å². The van der Waals surface area contributed by atoms with Gasteiger partial charge in [0.25, 0.3) is 0 Å². The summed E-state index contributed by atoms with van der Waals surface area (Å²) in [5.74, 6) is 0.691. The second-order valence-electron chi connectivity index (χ2n) is 6.17. The lowest BCUT2D eigenvalue weighted by Crippen LogP contribution is -2.43. The Balaban J connectivity index is 1.36. The van der Waals surface area contributed by atoms with Crippen LogP contribution in [0.25, 0.3) is 0 Å². The fourth-order valence-corrected chi connectivity index (χ4v) is 3.83. The first-order valence-electron chi connectivity index (χ1n) is 7.59. The number of anilines is 1. The van der Waals surface area contributed by atoms with Crippen molar-refractivity contribution in [2.45, 2.75) is 37.4 Å². The SMILES string of the molecule is c1ccc2c(c1)NCC2CCN1CC2CCC(C1)O2. The van der Waals surface area contributed by atoms with Crippen LogP contribution in [0.3, 0.4) is 0 Å². The molecule has 3 aliphatic rings. The Bertz CT molecular complexity index is 450. The molecule has 3 aliphatic heterocycles. The minimum Gasteiger partial charge on any atom is -0.384 e. The van der Waals surface area contributed by atoms with E-state index in [9.17, 15) is 0 Å². The average molecular weight is 258 g/mol. The van der Waals surface area contributed by atoms with E-state index in [1.165, 1.54) is 37.1 Å². The van der Waals surface area contributed by atoms with Gasteiger partial charge in [-0.25, -0.2) is 0 Å². The Kier molecular flexibility index (Phi) is 2.97. The van der Waals surface area contributed by atoms with Crippen LogP contribution in [0.2, 0.25) is 0 Å². The maximum absolute atomic E-state index is 5.90. The second kappa shape index (κ2) is 4.80. The molecule has 1 N–H and O–H groups in total. The highest BCUT2D eigenvalue weighted by molar-refractivity contribution is 5.57. The number of rotatable bonds is 3. The van der Waals surface area contributed by atoms with Gasteiger partial charge < -0.3 is 10.1 Å². The summed E-state index contributed by atoms with van der Waals surface area (Å²) in [7, 11) is 0. The standard InChI is InChI=1S/C16H22N2O/c1-2-4-16-15(3-1)12(9-17-16)7-8-18-10-13-5-6-14(11-18)19-13/h1-4,12-14,17H,5-11H2. The summed E-state index contributed by atoms with van der Waals surface area (Å²) in [4.78, 5) is 2.62. The summed E-state index contributed by atoms with van der Waals surface area (Å²) in [6.45, 7) is 4.63. The van der Waals surface area contributed by atoms with Gasteiger partial charge in [0.2, 0.25) is 0 Å². The molecule has 3 heteroatoms. The third kappa shape index (κ3) is 2.26. The molecule has 3 nitrogen and oxygen atoms in total. The summed E-state index contributed by atoms with van der Waals surface area (Å²) in [5.41, 5.74) is 2.85. The van der Waals surface area contributed by atoms with Gasteiger partial charge in [-0.15, -0.1) is 0 Å². The first-order valence-corrected chi connectivity index (χ1v) is 7.59. The van der Waals surface area contributed by atoms with Gasteiger partial charge in [0.05, 0.1) is 12.2 Å². The number of ether oxygens (including phenoxy) is 1. The molecule has 1 aromatic carbocycles. The van der Waals surface area contributed by atoms with Crippen molar-refractivity contribution in [1.82, 2.24) is 4.90 Å². The van der Waals surface area contributed by atoms with E-state index >= 15 is 0 Å². The molecule has 2 fully saturated rings. The number of hydrogen-bond acceptors (Lipinski definition) is 3. The summed E-state index contributed by atoms with van der Waals surface area (Å²) < 4.78 is 5.90. The zero-order chi connectivity index (χ0) is 12.7. The van der Waals surface area contributed by atoms with Gasteiger partial charge in [-0.2, -0.15) is 0 Å². The molecular formula is C16H22N2O. The number of nitrogens with one attached hydrogen (secondary N) is 1. The molecule has 0 amide bonds. The van der Waals surface area contributed by atoms with Crippen molar-refractivity contribution in [2.24, 2.45) is 0 Å². The molecule has 0 aliphatic carbocycles. The number of likely N-dealkylation sites (tertiary alicyclic amines) is 1. The van der Waals surface area contributed by atoms with Crippen LogP contribution in [-0.4, -0.2) is 43.3 Å². The van der Waals surface area contributed by atoms with E-state index < -0.39 is 0 Å². The maximum atomic E-state index is 5.90. The van der Waals surface area contributed by atoms with E-state index in [4.69, 9.17) is 4.74 Å². The molecule has 1 aromatic rings. The van der Waals surface area contributed by atoms with E-state index in [2.05, 4.69) is 34.5 Å². The largest absolute Gasteiger partial charge is 0.384 e.